The van der Waals surface area contributed by atoms with Gasteiger partial charge in [-0.1, -0.05) is 28.5 Å². The maximum absolute atomic E-state index is 12.4. The predicted molar refractivity (Wildman–Crippen MR) is 317 cm³/mol. The molecule has 2 saturated heterocycles. The smallest absolute Gasteiger partial charge is 0.443 e. The van der Waals surface area contributed by atoms with Crippen LogP contribution in [-0.4, -0.2) is 111 Å². The Morgan fingerprint density at radius 3 is 1.56 bits per heavy atom. The molecule has 0 aliphatic carbocycles. The number of carbonyl (C=O) groups excluding carboxylic acids is 4. The van der Waals surface area contributed by atoms with Gasteiger partial charge in [-0.05, 0) is 193 Å². The number of aromatic nitrogens is 8. The zero-order valence-electron chi connectivity index (χ0n) is 50.3. The van der Waals surface area contributed by atoms with Crippen molar-refractivity contribution in [2.75, 3.05) is 0 Å². The summed E-state index contributed by atoms with van der Waals surface area (Å²) < 4.78 is 49.2. The second-order valence-electron chi connectivity index (χ2n) is 24.5. The minimum Gasteiger partial charge on any atom is -0.443 e. The molecule has 23 heteroatoms. The summed E-state index contributed by atoms with van der Waals surface area (Å²) in [6.45, 7) is 34.0. The first-order chi connectivity index (χ1) is 38.0. The monoisotopic (exact) mass is 1190 g/mol. The summed E-state index contributed by atoms with van der Waals surface area (Å²) in [6, 6.07) is 17.3. The standard InChI is InChI=1S/2C18H25BN2O4.C15H15N3O2.C8H10BrNO2/c1-16(2,3)23-15(22)21-11-20-13-10-12(8-9-14(13)21)19-24-17(4,5)18(6,7)25-19;1-16(2,3)23-15(22)21-11-20-13-9-8-12(10-14(13)21)19-24-17(4,5)18(6,7)25-19;1-9(19)3-6-14-15(10(2)18-20-14)11-4-5-12-13(7-11)17-8-16-12;1-5(11)3-4-7-8(9)6(2)10-12-7/h2*8-11H,1-7H3;4-5,7-8H,3,6H2,1-2H3,(H,16,17);3-4H2,1-2H3. The van der Waals surface area contributed by atoms with Gasteiger partial charge in [-0.25, -0.2) is 33.7 Å². The van der Waals surface area contributed by atoms with Crippen LogP contribution in [0.3, 0.4) is 0 Å². The van der Waals surface area contributed by atoms with Crippen molar-refractivity contribution < 1.29 is 56.3 Å². The Labute approximate surface area is 487 Å². The number of H-pyrrole nitrogens is 1. The Hall–Kier alpha value is -6.78. The number of nitrogens with zero attached hydrogens (tertiary/aromatic N) is 7. The molecule has 2 aliphatic heterocycles. The first kappa shape index (κ1) is 62.8. The number of rotatable bonds is 9. The van der Waals surface area contributed by atoms with Gasteiger partial charge in [-0.15, -0.1) is 0 Å². The van der Waals surface area contributed by atoms with Crippen molar-refractivity contribution in [2.24, 2.45) is 0 Å². The van der Waals surface area contributed by atoms with E-state index in [1.54, 1.807) is 20.2 Å². The molecule has 436 valence electrons. The lowest BCUT2D eigenvalue weighted by Crippen LogP contribution is -2.41. The van der Waals surface area contributed by atoms with Crippen molar-refractivity contribution in [3.05, 3.63) is 101 Å². The molecule has 1 N–H and O–H groups in total. The largest absolute Gasteiger partial charge is 0.494 e. The predicted octanol–water partition coefficient (Wildman–Crippen LogP) is 11.6. The highest BCUT2D eigenvalue weighted by atomic mass is 79.9. The van der Waals surface area contributed by atoms with Crippen molar-refractivity contribution in [2.45, 2.75) is 184 Å². The highest BCUT2D eigenvalue weighted by Gasteiger charge is 2.53. The van der Waals surface area contributed by atoms with Crippen molar-refractivity contribution in [1.82, 2.24) is 39.4 Å². The number of ether oxygens (including phenoxy) is 2. The van der Waals surface area contributed by atoms with Gasteiger partial charge in [0.05, 0.1) is 77.7 Å². The van der Waals surface area contributed by atoms with E-state index in [1.165, 1.54) is 21.8 Å². The molecular weight excluding hydrogens is 1110 g/mol. The van der Waals surface area contributed by atoms with E-state index in [9.17, 15) is 19.2 Å². The number of aromatic amines is 1. The number of hydrogen-bond acceptors (Lipinski definition) is 17. The van der Waals surface area contributed by atoms with Gasteiger partial charge in [0.15, 0.2) is 5.76 Å². The average molecular weight is 1190 g/mol. The highest BCUT2D eigenvalue weighted by Crippen LogP contribution is 2.38. The Balaban J connectivity index is 0.000000162. The summed E-state index contributed by atoms with van der Waals surface area (Å²) in [5, 5.41) is 7.79. The molecule has 0 saturated carbocycles. The summed E-state index contributed by atoms with van der Waals surface area (Å²) in [5.74, 6) is 1.82. The van der Waals surface area contributed by atoms with Gasteiger partial charge in [-0.3, -0.25) is 0 Å². The first-order valence-electron chi connectivity index (χ1n) is 27.2. The second kappa shape index (κ2) is 24.2. The maximum atomic E-state index is 12.4. The fourth-order valence-electron chi connectivity index (χ4n) is 8.41. The van der Waals surface area contributed by atoms with Crippen LogP contribution in [0.15, 0.2) is 87.1 Å². The molecule has 0 spiro atoms. The van der Waals surface area contributed by atoms with Gasteiger partial charge in [0.25, 0.3) is 0 Å². The Bertz CT molecular complexity index is 3580. The molecule has 0 atom stereocenters. The Morgan fingerprint density at radius 1 is 0.585 bits per heavy atom. The molecule has 0 bridgehead atoms. The SMILES string of the molecule is CC(=O)CCc1onc(C)c1-c1ccc2nc[nH]c2c1.CC(=O)CCc1onc(C)c1Br.CC(C)(C)OC(=O)n1cnc2cc(B3OC(C)(C)C(C)(C)O3)ccc21.CC(C)(C)OC(=O)n1cnc2ccc(B3OC(C)(C)C(C)(C)O3)cc21. The van der Waals surface area contributed by atoms with E-state index in [-0.39, 0.29) is 11.6 Å². The first-order valence-corrected chi connectivity index (χ1v) is 27.9. The summed E-state index contributed by atoms with van der Waals surface area (Å²) in [6.07, 6.45) is 5.90. The molecule has 10 rings (SSSR count). The minimum absolute atomic E-state index is 0.147. The van der Waals surface area contributed by atoms with Crippen LogP contribution in [0.5, 0.6) is 0 Å². The second-order valence-corrected chi connectivity index (χ2v) is 25.3. The topological polar surface area (TPSA) is 240 Å². The van der Waals surface area contributed by atoms with E-state index >= 15 is 0 Å². The lowest BCUT2D eigenvalue weighted by Gasteiger charge is -2.32. The molecule has 8 aromatic rings. The number of aryl methyl sites for hydroxylation is 4. The van der Waals surface area contributed by atoms with E-state index in [0.717, 1.165) is 60.5 Å². The van der Waals surface area contributed by atoms with E-state index in [2.05, 4.69) is 46.2 Å². The van der Waals surface area contributed by atoms with E-state index in [0.29, 0.717) is 47.8 Å². The Morgan fingerprint density at radius 2 is 1.05 bits per heavy atom. The van der Waals surface area contributed by atoms with Crippen LogP contribution >= 0.6 is 15.9 Å². The number of Topliss-reactive ketones (excluding diaryl/α,β-unsaturated/α-hetero) is 2. The molecule has 0 radical (unpaired) electrons. The van der Waals surface area contributed by atoms with Crippen LogP contribution in [0.25, 0.3) is 44.2 Å². The molecule has 0 unspecified atom stereocenters. The lowest BCUT2D eigenvalue weighted by molar-refractivity contribution is -0.117. The zero-order chi connectivity index (χ0) is 60.5. The normalized spacial score (nSPS) is 16.0. The number of hydrogen-bond donors (Lipinski definition) is 1. The van der Waals surface area contributed by atoms with E-state index in [1.807, 2.05) is 165 Å². The van der Waals surface area contributed by atoms with Crippen LogP contribution < -0.4 is 10.9 Å². The highest BCUT2D eigenvalue weighted by molar-refractivity contribution is 9.10. The third kappa shape index (κ3) is 14.9. The molecule has 3 aromatic carbocycles. The number of nitrogens with one attached hydrogen (secondary N) is 1. The number of benzene rings is 3. The molecular formula is C59H75B2BrN8O12. The summed E-state index contributed by atoms with van der Waals surface area (Å²) in [5.41, 5.74) is 7.28. The van der Waals surface area contributed by atoms with Gasteiger partial charge < -0.3 is 51.7 Å². The summed E-state index contributed by atoms with van der Waals surface area (Å²) in [4.78, 5) is 62.4. The molecule has 5 aromatic heterocycles. The Kier molecular flexibility index (Phi) is 18.5. The van der Waals surface area contributed by atoms with E-state index in [4.69, 9.17) is 37.1 Å². The third-order valence-corrected chi connectivity index (χ3v) is 15.3. The fraction of sp³-hybridized carbons (Fsp3) is 0.475. The van der Waals surface area contributed by atoms with Crippen LogP contribution in [0, 0.1) is 13.8 Å². The molecule has 82 heavy (non-hydrogen) atoms. The maximum Gasteiger partial charge on any atom is 0.494 e. The molecule has 2 fully saturated rings. The van der Waals surface area contributed by atoms with Gasteiger partial charge in [0.1, 0.15) is 41.2 Å². The van der Waals surface area contributed by atoms with Crippen molar-refractivity contribution in [3.63, 3.8) is 0 Å². The summed E-state index contributed by atoms with van der Waals surface area (Å²) in [7, 11) is -0.947. The van der Waals surface area contributed by atoms with Crippen molar-refractivity contribution in [1.29, 1.82) is 0 Å². The number of imidazole rings is 3. The third-order valence-electron chi connectivity index (χ3n) is 14.3. The van der Waals surface area contributed by atoms with Gasteiger partial charge in [0.2, 0.25) is 0 Å². The lowest BCUT2D eigenvalue weighted by atomic mass is 9.79. The molecule has 7 heterocycles. The van der Waals surface area contributed by atoms with Crippen molar-refractivity contribution >= 4 is 97.9 Å². The van der Waals surface area contributed by atoms with Gasteiger partial charge >= 0.3 is 26.4 Å². The van der Waals surface area contributed by atoms with Crippen LogP contribution in [0.1, 0.15) is 147 Å². The molecule has 2 aliphatic rings. The number of carbonyl (C=O) groups is 4. The van der Waals surface area contributed by atoms with Gasteiger partial charge in [0, 0.05) is 31.2 Å². The van der Waals surface area contributed by atoms with Crippen LogP contribution in [0.4, 0.5) is 9.59 Å². The van der Waals surface area contributed by atoms with E-state index < -0.39 is 60.0 Å². The van der Waals surface area contributed by atoms with Gasteiger partial charge in [-0.2, -0.15) is 0 Å². The minimum atomic E-state index is -0.572. The number of halogens is 1. The zero-order valence-corrected chi connectivity index (χ0v) is 51.9. The summed E-state index contributed by atoms with van der Waals surface area (Å²) >= 11 is 3.33. The number of ketones is 2. The quantitative estimate of drug-likeness (QED) is 0.132. The molecule has 20 nitrogen and oxygen atoms in total. The number of fused-ring (bicyclic) bond motifs is 3. The average Bonchev–Trinajstić information content (AvgIpc) is 4.40. The van der Waals surface area contributed by atoms with Crippen LogP contribution in [0.2, 0.25) is 0 Å². The van der Waals surface area contributed by atoms with Crippen LogP contribution in [-0.2, 0) is 50.5 Å². The van der Waals surface area contributed by atoms with Crippen molar-refractivity contribution in [3.8, 4) is 11.1 Å². The molecule has 0 amide bonds. The fourth-order valence-corrected chi connectivity index (χ4v) is 8.75.